The van der Waals surface area contributed by atoms with Crippen molar-refractivity contribution in [2.24, 2.45) is 0 Å². The van der Waals surface area contributed by atoms with Crippen LogP contribution in [0.3, 0.4) is 0 Å². The molecule has 1 fully saturated rings. The molecule has 1 aliphatic heterocycles. The van der Waals surface area contributed by atoms with Gasteiger partial charge in [0.1, 0.15) is 0 Å². The molecular formula is C21H27N3O3. The number of para-hydroxylation sites is 2. The molecule has 0 aliphatic carbocycles. The molecule has 6 nitrogen and oxygen atoms in total. The quantitative estimate of drug-likeness (QED) is 0.794. The summed E-state index contributed by atoms with van der Waals surface area (Å²) >= 11 is 0. The number of urea groups is 1. The summed E-state index contributed by atoms with van der Waals surface area (Å²) in [5, 5.41) is 2.82. The second-order valence-electron chi connectivity index (χ2n) is 6.46. The van der Waals surface area contributed by atoms with Crippen molar-refractivity contribution in [3.05, 3.63) is 54.1 Å². The lowest BCUT2D eigenvalue weighted by Crippen LogP contribution is -2.52. The molecule has 144 valence electrons. The second-order valence-corrected chi connectivity index (χ2v) is 6.46. The van der Waals surface area contributed by atoms with Crippen LogP contribution in [-0.2, 0) is 0 Å². The highest BCUT2D eigenvalue weighted by atomic mass is 16.5. The summed E-state index contributed by atoms with van der Waals surface area (Å²) in [5.74, 6) is 1.31. The number of rotatable bonds is 6. The number of benzene rings is 2. The normalized spacial score (nSPS) is 14.0. The van der Waals surface area contributed by atoms with Crippen LogP contribution in [0.2, 0.25) is 0 Å². The first-order valence-electron chi connectivity index (χ1n) is 9.36. The third kappa shape index (κ3) is 5.06. The fraction of sp³-hybridized carbons (Fsp3) is 0.381. The zero-order chi connectivity index (χ0) is 19.1. The van der Waals surface area contributed by atoms with Crippen LogP contribution in [0.1, 0.15) is 12.5 Å². The lowest BCUT2D eigenvalue weighted by molar-refractivity contribution is 0.180. The van der Waals surface area contributed by atoms with Crippen molar-refractivity contribution in [1.29, 1.82) is 0 Å². The molecule has 0 bridgehead atoms. The summed E-state index contributed by atoms with van der Waals surface area (Å²) in [4.78, 5) is 16.5. The Labute approximate surface area is 160 Å². The number of hydrogen-bond donors (Lipinski definition) is 1. The average Bonchev–Trinajstić information content (AvgIpc) is 2.69. The Hall–Kier alpha value is -2.89. The molecule has 2 aromatic rings. The molecule has 2 aromatic carbocycles. The Morgan fingerprint density at radius 1 is 1.00 bits per heavy atom. The van der Waals surface area contributed by atoms with Gasteiger partial charge < -0.3 is 24.6 Å². The zero-order valence-electron chi connectivity index (χ0n) is 16.0. The van der Waals surface area contributed by atoms with E-state index in [0.29, 0.717) is 31.2 Å². The Morgan fingerprint density at radius 3 is 2.37 bits per heavy atom. The number of nitrogens with zero attached hydrogens (tertiary/aromatic N) is 2. The molecule has 6 heteroatoms. The van der Waals surface area contributed by atoms with Crippen LogP contribution in [0.15, 0.2) is 48.5 Å². The Kier molecular flexibility index (Phi) is 6.41. The summed E-state index contributed by atoms with van der Waals surface area (Å²) in [7, 11) is 0. The van der Waals surface area contributed by atoms with E-state index < -0.39 is 0 Å². The van der Waals surface area contributed by atoms with Crippen LogP contribution in [-0.4, -0.2) is 50.4 Å². The average molecular weight is 369 g/mol. The molecule has 0 aromatic heterocycles. The number of nitrogens with one attached hydrogen (secondary N) is 1. The minimum atomic E-state index is -0.104. The molecule has 2 amide bonds. The molecule has 27 heavy (non-hydrogen) atoms. The van der Waals surface area contributed by atoms with Gasteiger partial charge in [0.2, 0.25) is 0 Å². The van der Waals surface area contributed by atoms with Crippen LogP contribution >= 0.6 is 0 Å². The number of hydrogen-bond acceptors (Lipinski definition) is 4. The molecule has 3 rings (SSSR count). The highest BCUT2D eigenvalue weighted by Gasteiger charge is 2.21. The van der Waals surface area contributed by atoms with E-state index in [-0.39, 0.29) is 12.8 Å². The fourth-order valence-electron chi connectivity index (χ4n) is 3.12. The van der Waals surface area contributed by atoms with Crippen molar-refractivity contribution < 1.29 is 14.3 Å². The van der Waals surface area contributed by atoms with Crippen molar-refractivity contribution in [3.63, 3.8) is 0 Å². The smallest absolute Gasteiger partial charge is 0.320 e. The predicted octanol–water partition coefficient (Wildman–Crippen LogP) is 3.26. The van der Waals surface area contributed by atoms with Gasteiger partial charge in [-0.25, -0.2) is 4.79 Å². The minimum Gasteiger partial charge on any atom is -0.490 e. The number of anilines is 1. The molecule has 1 saturated heterocycles. The Bertz CT molecular complexity index is 758. The summed E-state index contributed by atoms with van der Waals surface area (Å²) in [6.07, 6.45) is 0. The number of piperazine rings is 1. The first-order valence-corrected chi connectivity index (χ1v) is 9.36. The van der Waals surface area contributed by atoms with Gasteiger partial charge in [-0.1, -0.05) is 24.3 Å². The van der Waals surface area contributed by atoms with Crippen molar-refractivity contribution >= 4 is 11.7 Å². The first kappa shape index (κ1) is 18.9. The van der Waals surface area contributed by atoms with Crippen LogP contribution < -0.4 is 19.7 Å². The van der Waals surface area contributed by atoms with Gasteiger partial charge in [0.15, 0.2) is 18.2 Å². The summed E-state index contributed by atoms with van der Waals surface area (Å²) in [6.45, 7) is 7.73. The van der Waals surface area contributed by atoms with Gasteiger partial charge in [0, 0.05) is 31.9 Å². The van der Waals surface area contributed by atoms with E-state index in [1.165, 1.54) is 11.3 Å². The molecule has 1 N–H and O–H groups in total. The highest BCUT2D eigenvalue weighted by Crippen LogP contribution is 2.26. The predicted molar refractivity (Wildman–Crippen MR) is 107 cm³/mol. The number of ether oxygens (including phenoxy) is 2. The standard InChI is InChI=1S/C21H27N3O3/c1-3-26-19-9-4-5-10-20(19)27-16-22-21(25)24-13-11-23(12-14-24)18-8-6-7-17(2)15-18/h4-10,15H,3,11-14,16H2,1-2H3,(H,22,25). The SMILES string of the molecule is CCOc1ccccc1OCNC(=O)N1CCN(c2cccc(C)c2)CC1. The van der Waals surface area contributed by atoms with Gasteiger partial charge in [0.25, 0.3) is 0 Å². The van der Waals surface area contributed by atoms with Crippen molar-refractivity contribution in [2.75, 3.05) is 44.4 Å². The molecule has 1 aliphatic rings. The first-order chi connectivity index (χ1) is 13.2. The lowest BCUT2D eigenvalue weighted by Gasteiger charge is -2.36. The molecule has 0 spiro atoms. The van der Waals surface area contributed by atoms with E-state index in [2.05, 4.69) is 41.4 Å². The van der Waals surface area contributed by atoms with Gasteiger partial charge in [-0.3, -0.25) is 0 Å². The van der Waals surface area contributed by atoms with Crippen LogP contribution in [0, 0.1) is 6.92 Å². The highest BCUT2D eigenvalue weighted by molar-refractivity contribution is 5.74. The number of aryl methyl sites for hydroxylation is 1. The van der Waals surface area contributed by atoms with Crippen molar-refractivity contribution in [1.82, 2.24) is 10.2 Å². The molecule has 0 saturated carbocycles. The Balaban J connectivity index is 1.45. The molecule has 0 radical (unpaired) electrons. The molecule has 0 unspecified atom stereocenters. The largest absolute Gasteiger partial charge is 0.490 e. The van der Waals surface area contributed by atoms with Gasteiger partial charge in [-0.05, 0) is 43.7 Å². The topological polar surface area (TPSA) is 54.0 Å². The van der Waals surface area contributed by atoms with Gasteiger partial charge >= 0.3 is 6.03 Å². The molecular weight excluding hydrogens is 342 g/mol. The van der Waals surface area contributed by atoms with Gasteiger partial charge in [-0.2, -0.15) is 0 Å². The monoisotopic (exact) mass is 369 g/mol. The van der Waals surface area contributed by atoms with E-state index in [1.807, 2.05) is 36.1 Å². The second kappa shape index (κ2) is 9.16. The molecule has 0 atom stereocenters. The summed E-state index contributed by atoms with van der Waals surface area (Å²) in [5.41, 5.74) is 2.46. The summed E-state index contributed by atoms with van der Waals surface area (Å²) in [6, 6.07) is 15.8. The fourth-order valence-corrected chi connectivity index (χ4v) is 3.12. The van der Waals surface area contributed by atoms with E-state index in [1.54, 1.807) is 0 Å². The lowest BCUT2D eigenvalue weighted by atomic mass is 10.2. The van der Waals surface area contributed by atoms with Gasteiger partial charge in [-0.15, -0.1) is 0 Å². The van der Waals surface area contributed by atoms with Gasteiger partial charge in [0.05, 0.1) is 6.61 Å². The maximum atomic E-state index is 12.4. The van der Waals surface area contributed by atoms with Crippen LogP contribution in [0.25, 0.3) is 0 Å². The number of amides is 2. The van der Waals surface area contributed by atoms with Crippen molar-refractivity contribution in [2.45, 2.75) is 13.8 Å². The third-order valence-corrected chi connectivity index (χ3v) is 4.53. The minimum absolute atomic E-state index is 0.104. The van der Waals surface area contributed by atoms with E-state index in [9.17, 15) is 4.79 Å². The van der Waals surface area contributed by atoms with Crippen LogP contribution in [0.5, 0.6) is 11.5 Å². The van der Waals surface area contributed by atoms with E-state index >= 15 is 0 Å². The zero-order valence-corrected chi connectivity index (χ0v) is 16.0. The Morgan fingerprint density at radius 2 is 1.70 bits per heavy atom. The summed E-state index contributed by atoms with van der Waals surface area (Å²) < 4.78 is 11.2. The maximum absolute atomic E-state index is 12.4. The number of carbonyl (C=O) groups excluding carboxylic acids is 1. The third-order valence-electron chi connectivity index (χ3n) is 4.53. The van der Waals surface area contributed by atoms with Crippen LogP contribution in [0.4, 0.5) is 10.5 Å². The van der Waals surface area contributed by atoms with Crippen molar-refractivity contribution in [3.8, 4) is 11.5 Å². The van der Waals surface area contributed by atoms with E-state index in [0.717, 1.165) is 13.1 Å². The number of carbonyl (C=O) groups is 1. The maximum Gasteiger partial charge on any atom is 0.320 e. The molecule has 1 heterocycles. The van der Waals surface area contributed by atoms with E-state index in [4.69, 9.17) is 9.47 Å².